The number of benzene rings is 4. The minimum Gasteiger partial charge on any atom is -0.316 e. The van der Waals surface area contributed by atoms with Crippen LogP contribution in [0.15, 0.2) is 103 Å². The molecule has 0 bridgehead atoms. The highest BCUT2D eigenvalue weighted by Crippen LogP contribution is 2.46. The molecule has 2 aliphatic heterocycles. The van der Waals surface area contributed by atoms with Gasteiger partial charge in [-0.25, -0.2) is 4.90 Å². The Hall–Kier alpha value is -5.17. The molecule has 4 aromatic rings. The maximum Gasteiger partial charge on any atom is 0.266 e. The number of Topliss-reactive ketones (excluding diaryl/α,β-unsaturated/α-hetero) is 2. The van der Waals surface area contributed by atoms with Crippen molar-refractivity contribution >= 4 is 35.0 Å². The van der Waals surface area contributed by atoms with Crippen molar-refractivity contribution in [2.75, 3.05) is 4.90 Å². The molecular formula is C32H22N2O5. The van der Waals surface area contributed by atoms with Gasteiger partial charge in [-0.2, -0.15) is 0 Å². The van der Waals surface area contributed by atoms with Gasteiger partial charge in [-0.1, -0.05) is 60.7 Å². The Morgan fingerprint density at radius 3 is 1.87 bits per heavy atom. The summed E-state index contributed by atoms with van der Waals surface area (Å²) < 4.78 is 0. The van der Waals surface area contributed by atoms with Crippen molar-refractivity contribution in [1.29, 1.82) is 0 Å². The lowest BCUT2D eigenvalue weighted by molar-refractivity contribution is 0.0833. The van der Waals surface area contributed by atoms with Crippen LogP contribution in [-0.2, 0) is 0 Å². The molecule has 190 valence electrons. The molecule has 1 saturated heterocycles. The quantitative estimate of drug-likeness (QED) is 0.202. The number of fused-ring (bicyclic) bond motifs is 1. The molecule has 1 fully saturated rings. The molecule has 0 saturated carbocycles. The molecule has 39 heavy (non-hydrogen) atoms. The normalized spacial score (nSPS) is 17.7. The van der Waals surface area contributed by atoms with Crippen molar-refractivity contribution in [3.05, 3.63) is 137 Å². The Kier molecular flexibility index (Phi) is 5.76. The third-order valence-electron chi connectivity index (χ3n) is 7.18. The zero-order valence-corrected chi connectivity index (χ0v) is 20.9. The maximum absolute atomic E-state index is 13.7. The Morgan fingerprint density at radius 1 is 0.641 bits per heavy atom. The van der Waals surface area contributed by atoms with Crippen molar-refractivity contribution in [2.45, 2.75) is 19.0 Å². The van der Waals surface area contributed by atoms with E-state index in [1.807, 2.05) is 36.4 Å². The first-order valence-electron chi connectivity index (χ1n) is 12.5. The van der Waals surface area contributed by atoms with Gasteiger partial charge >= 0.3 is 0 Å². The second-order valence-corrected chi connectivity index (χ2v) is 9.55. The number of rotatable bonds is 6. The van der Waals surface area contributed by atoms with Gasteiger partial charge in [0.1, 0.15) is 6.04 Å². The lowest BCUT2D eigenvalue weighted by Crippen LogP contribution is -2.29. The minimum absolute atomic E-state index is 0.116. The summed E-state index contributed by atoms with van der Waals surface area (Å²) in [6, 6.07) is 27.7. The van der Waals surface area contributed by atoms with Crippen molar-refractivity contribution in [1.82, 2.24) is 4.90 Å². The predicted molar refractivity (Wildman–Crippen MR) is 144 cm³/mol. The van der Waals surface area contributed by atoms with Crippen LogP contribution in [0.4, 0.5) is 5.69 Å². The number of imide groups is 1. The molecule has 4 aromatic carbocycles. The predicted octanol–water partition coefficient (Wildman–Crippen LogP) is 5.14. The van der Waals surface area contributed by atoms with Crippen LogP contribution in [0, 0.1) is 0 Å². The lowest BCUT2D eigenvalue weighted by atomic mass is 10.0. The van der Waals surface area contributed by atoms with Crippen LogP contribution in [-0.4, -0.2) is 40.2 Å². The molecule has 2 heterocycles. The van der Waals surface area contributed by atoms with Gasteiger partial charge in [0.25, 0.3) is 17.7 Å². The fourth-order valence-electron chi connectivity index (χ4n) is 5.12. The van der Waals surface area contributed by atoms with E-state index in [1.54, 1.807) is 48.5 Å². The number of carbonyl (C=O) groups excluding carboxylic acids is 5. The Labute approximate surface area is 224 Å². The highest BCUT2D eigenvalue weighted by molar-refractivity contribution is 6.34. The second-order valence-electron chi connectivity index (χ2n) is 9.55. The molecular weight excluding hydrogens is 492 g/mol. The van der Waals surface area contributed by atoms with Gasteiger partial charge in [0.2, 0.25) is 0 Å². The first-order chi connectivity index (χ1) is 18.9. The van der Waals surface area contributed by atoms with Gasteiger partial charge in [-0.3, -0.25) is 24.0 Å². The summed E-state index contributed by atoms with van der Waals surface area (Å²) in [6.07, 6.45) is 0. The molecule has 3 amide bonds. The number of nitrogens with zero attached hydrogens (tertiary/aromatic N) is 2. The van der Waals surface area contributed by atoms with E-state index in [-0.39, 0.29) is 28.3 Å². The van der Waals surface area contributed by atoms with E-state index in [1.165, 1.54) is 30.0 Å². The van der Waals surface area contributed by atoms with E-state index < -0.39 is 29.8 Å². The van der Waals surface area contributed by atoms with Crippen molar-refractivity contribution in [3.63, 3.8) is 0 Å². The van der Waals surface area contributed by atoms with Crippen LogP contribution >= 0.6 is 0 Å². The third kappa shape index (κ3) is 4.05. The number of hydrogen-bond donors (Lipinski definition) is 0. The number of carbonyl (C=O) groups is 5. The van der Waals surface area contributed by atoms with Gasteiger partial charge in [0.05, 0.1) is 22.9 Å². The highest BCUT2D eigenvalue weighted by Gasteiger charge is 2.56. The van der Waals surface area contributed by atoms with Gasteiger partial charge in [-0.15, -0.1) is 0 Å². The molecule has 2 atom stereocenters. The Bertz CT molecular complexity index is 1660. The summed E-state index contributed by atoms with van der Waals surface area (Å²) in [4.78, 5) is 67.6. The first-order valence-corrected chi connectivity index (χ1v) is 12.5. The van der Waals surface area contributed by atoms with Crippen molar-refractivity contribution < 1.29 is 24.0 Å². The van der Waals surface area contributed by atoms with Crippen LogP contribution in [0.3, 0.4) is 0 Å². The lowest BCUT2D eigenvalue weighted by Gasteiger charge is -2.14. The zero-order chi connectivity index (χ0) is 27.3. The SMILES string of the molecule is CC(=O)c1ccc(N2C(=O)c3ccc(C(=O)N4[C@H](C(=O)c5ccccc5)[C@H]4c4ccccc4)cc3C2=O)cc1. The number of amides is 3. The molecule has 6 rings (SSSR count). The summed E-state index contributed by atoms with van der Waals surface area (Å²) in [7, 11) is 0. The average Bonchev–Trinajstić information content (AvgIpc) is 3.67. The number of ketones is 2. The molecule has 0 aromatic heterocycles. The van der Waals surface area contributed by atoms with Crippen LogP contribution in [0.25, 0.3) is 0 Å². The zero-order valence-electron chi connectivity index (χ0n) is 20.9. The second kappa shape index (κ2) is 9.29. The van der Waals surface area contributed by atoms with E-state index in [9.17, 15) is 24.0 Å². The molecule has 0 aliphatic carbocycles. The maximum atomic E-state index is 13.7. The molecule has 7 heteroatoms. The third-order valence-corrected chi connectivity index (χ3v) is 7.18. The molecule has 0 unspecified atom stereocenters. The summed E-state index contributed by atoms with van der Waals surface area (Å²) >= 11 is 0. The summed E-state index contributed by atoms with van der Waals surface area (Å²) in [6.45, 7) is 1.44. The summed E-state index contributed by atoms with van der Waals surface area (Å²) in [5.41, 5.74) is 2.68. The van der Waals surface area contributed by atoms with Gasteiger partial charge < -0.3 is 4.90 Å². The standard InChI is InChI=1S/C32H22N2O5/c1-19(35)20-12-15-24(16-13-20)33-31(38)25-17-14-23(18-26(25)32(33)39)30(37)34-27(21-8-4-2-5-9-21)28(34)29(36)22-10-6-3-7-11-22/h2-18,27-28H,1H3/t27-,28+,34?/m1/s1. The fourth-order valence-corrected chi connectivity index (χ4v) is 5.12. The van der Waals surface area contributed by atoms with E-state index >= 15 is 0 Å². The Balaban J connectivity index is 1.31. The van der Waals surface area contributed by atoms with Crippen LogP contribution in [0.2, 0.25) is 0 Å². The van der Waals surface area contributed by atoms with Gasteiger partial charge in [0, 0.05) is 16.7 Å². The van der Waals surface area contributed by atoms with Crippen LogP contribution in [0.1, 0.15) is 70.3 Å². The Morgan fingerprint density at radius 2 is 1.23 bits per heavy atom. The van der Waals surface area contributed by atoms with E-state index in [0.29, 0.717) is 16.8 Å². The average molecular weight is 515 g/mol. The highest BCUT2D eigenvalue weighted by atomic mass is 16.2. The van der Waals surface area contributed by atoms with E-state index in [0.717, 1.165) is 10.5 Å². The fraction of sp³-hybridized carbons (Fsp3) is 0.0938. The van der Waals surface area contributed by atoms with Crippen molar-refractivity contribution in [3.8, 4) is 0 Å². The molecule has 0 spiro atoms. The molecule has 0 radical (unpaired) electrons. The number of anilines is 1. The van der Waals surface area contributed by atoms with Crippen molar-refractivity contribution in [2.24, 2.45) is 0 Å². The largest absolute Gasteiger partial charge is 0.316 e. The topological polar surface area (TPSA) is 91.6 Å². The molecule has 2 aliphatic rings. The summed E-state index contributed by atoms with van der Waals surface area (Å²) in [5.74, 6) is -1.74. The van der Waals surface area contributed by atoms with E-state index in [4.69, 9.17) is 0 Å². The van der Waals surface area contributed by atoms with Crippen LogP contribution in [0.5, 0.6) is 0 Å². The summed E-state index contributed by atoms with van der Waals surface area (Å²) in [5, 5.41) is 0. The smallest absolute Gasteiger partial charge is 0.266 e. The van der Waals surface area contributed by atoms with Gasteiger partial charge in [-0.05, 0) is 55.0 Å². The minimum atomic E-state index is -0.677. The van der Waals surface area contributed by atoms with Gasteiger partial charge in [0.15, 0.2) is 11.6 Å². The van der Waals surface area contributed by atoms with Crippen LogP contribution < -0.4 is 4.90 Å². The molecule has 0 N–H and O–H groups in total. The molecule has 7 nitrogen and oxygen atoms in total. The monoisotopic (exact) mass is 514 g/mol. The first kappa shape index (κ1) is 24.2. The number of hydrogen-bond acceptors (Lipinski definition) is 5. The van der Waals surface area contributed by atoms with E-state index in [2.05, 4.69) is 0 Å².